The number of rotatable bonds is 4. The monoisotopic (exact) mass is 245 g/mol. The molecule has 1 saturated heterocycles. The zero-order chi connectivity index (χ0) is 12.4. The minimum absolute atomic E-state index is 0.447. The molecule has 0 radical (unpaired) electrons. The third-order valence-corrected chi connectivity index (χ3v) is 4.62. The first kappa shape index (κ1) is 12.2. The molecule has 2 heteroatoms. The van der Waals surface area contributed by atoms with Gasteiger partial charge in [0.2, 0.25) is 0 Å². The van der Waals surface area contributed by atoms with E-state index in [-0.39, 0.29) is 0 Å². The van der Waals surface area contributed by atoms with E-state index in [1.165, 1.54) is 36.8 Å². The Balaban J connectivity index is 1.73. The molecule has 0 spiro atoms. The van der Waals surface area contributed by atoms with Gasteiger partial charge >= 0.3 is 0 Å². The van der Waals surface area contributed by atoms with Gasteiger partial charge < -0.3 is 10.1 Å². The number of hydrogen-bond donors (Lipinski definition) is 1. The standard InChI is InChI=1S/C16H23NO/c1-17-16(15-9-10-18-11-15)14-7-5-13(6-8-14)12-3-2-4-12/h5-8,12,15-17H,2-4,9-11H2,1H3. The molecule has 2 unspecified atom stereocenters. The molecule has 1 aromatic carbocycles. The average molecular weight is 245 g/mol. The molecule has 1 heterocycles. The van der Waals surface area contributed by atoms with Crippen LogP contribution in [-0.4, -0.2) is 20.3 Å². The van der Waals surface area contributed by atoms with E-state index in [4.69, 9.17) is 4.74 Å². The van der Waals surface area contributed by atoms with Crippen LogP contribution in [0.3, 0.4) is 0 Å². The van der Waals surface area contributed by atoms with Crippen LogP contribution in [0.5, 0.6) is 0 Å². The van der Waals surface area contributed by atoms with Crippen molar-refractivity contribution in [2.75, 3.05) is 20.3 Å². The van der Waals surface area contributed by atoms with Gasteiger partial charge in [-0.1, -0.05) is 30.7 Å². The Labute approximate surface area is 110 Å². The van der Waals surface area contributed by atoms with Crippen LogP contribution in [0, 0.1) is 5.92 Å². The highest BCUT2D eigenvalue weighted by atomic mass is 16.5. The van der Waals surface area contributed by atoms with Crippen molar-refractivity contribution in [2.45, 2.75) is 37.6 Å². The Kier molecular flexibility index (Phi) is 3.67. The maximum absolute atomic E-state index is 5.51. The first-order valence-corrected chi connectivity index (χ1v) is 7.23. The van der Waals surface area contributed by atoms with Crippen LogP contribution in [0.25, 0.3) is 0 Å². The van der Waals surface area contributed by atoms with Crippen LogP contribution in [0.2, 0.25) is 0 Å². The van der Waals surface area contributed by atoms with Gasteiger partial charge in [0.15, 0.2) is 0 Å². The Bertz CT molecular complexity index is 377. The van der Waals surface area contributed by atoms with Crippen molar-refractivity contribution >= 4 is 0 Å². The molecule has 1 aromatic rings. The Morgan fingerprint density at radius 1 is 1.17 bits per heavy atom. The molecule has 0 aromatic heterocycles. The number of benzene rings is 1. The van der Waals surface area contributed by atoms with E-state index >= 15 is 0 Å². The highest BCUT2D eigenvalue weighted by Crippen LogP contribution is 2.37. The predicted molar refractivity (Wildman–Crippen MR) is 73.8 cm³/mol. The fourth-order valence-electron chi connectivity index (χ4n) is 3.21. The van der Waals surface area contributed by atoms with Crippen LogP contribution in [-0.2, 0) is 4.74 Å². The van der Waals surface area contributed by atoms with Gasteiger partial charge in [0.1, 0.15) is 0 Å². The molecular formula is C16H23NO. The summed E-state index contributed by atoms with van der Waals surface area (Å²) >= 11 is 0. The lowest BCUT2D eigenvalue weighted by molar-refractivity contribution is 0.178. The largest absolute Gasteiger partial charge is 0.381 e. The van der Waals surface area contributed by atoms with E-state index in [0.29, 0.717) is 12.0 Å². The quantitative estimate of drug-likeness (QED) is 0.879. The molecule has 1 aliphatic carbocycles. The van der Waals surface area contributed by atoms with Gasteiger partial charge in [0, 0.05) is 18.6 Å². The van der Waals surface area contributed by atoms with Crippen LogP contribution in [0.1, 0.15) is 48.8 Å². The minimum Gasteiger partial charge on any atom is -0.381 e. The van der Waals surface area contributed by atoms with Gasteiger partial charge in [-0.25, -0.2) is 0 Å². The molecular weight excluding hydrogens is 222 g/mol. The lowest BCUT2D eigenvalue weighted by Gasteiger charge is -2.27. The minimum atomic E-state index is 0.447. The van der Waals surface area contributed by atoms with Crippen molar-refractivity contribution in [3.63, 3.8) is 0 Å². The van der Waals surface area contributed by atoms with Gasteiger partial charge in [0.05, 0.1) is 6.61 Å². The van der Waals surface area contributed by atoms with Crippen molar-refractivity contribution in [3.8, 4) is 0 Å². The first-order chi connectivity index (χ1) is 8.88. The molecule has 0 amide bonds. The maximum atomic E-state index is 5.51. The second-order valence-corrected chi connectivity index (χ2v) is 5.68. The zero-order valence-corrected chi connectivity index (χ0v) is 11.2. The van der Waals surface area contributed by atoms with E-state index < -0.39 is 0 Å². The number of ether oxygens (including phenoxy) is 1. The molecule has 2 fully saturated rings. The molecule has 2 nitrogen and oxygen atoms in total. The van der Waals surface area contributed by atoms with Crippen molar-refractivity contribution < 1.29 is 4.74 Å². The molecule has 98 valence electrons. The Morgan fingerprint density at radius 2 is 1.94 bits per heavy atom. The van der Waals surface area contributed by atoms with Gasteiger partial charge in [-0.2, -0.15) is 0 Å². The molecule has 2 aliphatic rings. The van der Waals surface area contributed by atoms with Crippen LogP contribution in [0.15, 0.2) is 24.3 Å². The van der Waals surface area contributed by atoms with E-state index in [2.05, 4.69) is 36.6 Å². The fourth-order valence-corrected chi connectivity index (χ4v) is 3.21. The number of nitrogens with one attached hydrogen (secondary N) is 1. The highest BCUT2D eigenvalue weighted by molar-refractivity contribution is 5.29. The highest BCUT2D eigenvalue weighted by Gasteiger charge is 2.26. The molecule has 1 saturated carbocycles. The first-order valence-electron chi connectivity index (χ1n) is 7.23. The summed E-state index contributed by atoms with van der Waals surface area (Å²) in [5.74, 6) is 1.46. The summed E-state index contributed by atoms with van der Waals surface area (Å²) in [7, 11) is 2.06. The smallest absolute Gasteiger partial charge is 0.0513 e. The summed E-state index contributed by atoms with van der Waals surface area (Å²) in [5, 5.41) is 3.46. The summed E-state index contributed by atoms with van der Waals surface area (Å²) in [6, 6.07) is 9.74. The number of hydrogen-bond acceptors (Lipinski definition) is 2. The van der Waals surface area contributed by atoms with Crippen LogP contribution >= 0.6 is 0 Å². The van der Waals surface area contributed by atoms with Gasteiger partial charge in [-0.15, -0.1) is 0 Å². The van der Waals surface area contributed by atoms with E-state index in [1.54, 1.807) is 0 Å². The zero-order valence-electron chi connectivity index (χ0n) is 11.2. The van der Waals surface area contributed by atoms with E-state index in [0.717, 1.165) is 19.1 Å². The summed E-state index contributed by atoms with van der Waals surface area (Å²) in [4.78, 5) is 0. The van der Waals surface area contributed by atoms with Gasteiger partial charge in [-0.3, -0.25) is 0 Å². The average Bonchev–Trinajstić information content (AvgIpc) is 2.84. The lowest BCUT2D eigenvalue weighted by Crippen LogP contribution is -2.25. The molecule has 1 aliphatic heterocycles. The van der Waals surface area contributed by atoms with Crippen molar-refractivity contribution in [2.24, 2.45) is 5.92 Å². The predicted octanol–water partition coefficient (Wildman–Crippen LogP) is 3.25. The molecule has 18 heavy (non-hydrogen) atoms. The molecule has 1 N–H and O–H groups in total. The summed E-state index contributed by atoms with van der Waals surface area (Å²) in [6.07, 6.45) is 5.34. The van der Waals surface area contributed by atoms with Gasteiger partial charge in [0.25, 0.3) is 0 Å². The summed E-state index contributed by atoms with van der Waals surface area (Å²) < 4.78 is 5.51. The van der Waals surface area contributed by atoms with Gasteiger partial charge in [-0.05, 0) is 43.4 Å². The summed E-state index contributed by atoms with van der Waals surface area (Å²) in [5.41, 5.74) is 2.94. The Hall–Kier alpha value is -0.860. The normalized spacial score (nSPS) is 25.9. The lowest BCUT2D eigenvalue weighted by atomic mass is 9.79. The SMILES string of the molecule is CNC(c1ccc(C2CCC2)cc1)C1CCOC1. The maximum Gasteiger partial charge on any atom is 0.0513 e. The van der Waals surface area contributed by atoms with Crippen LogP contribution < -0.4 is 5.32 Å². The van der Waals surface area contributed by atoms with Crippen molar-refractivity contribution in [1.82, 2.24) is 5.32 Å². The topological polar surface area (TPSA) is 21.3 Å². The van der Waals surface area contributed by atoms with E-state index in [1.807, 2.05) is 0 Å². The third-order valence-electron chi connectivity index (χ3n) is 4.62. The molecule has 0 bridgehead atoms. The van der Waals surface area contributed by atoms with E-state index in [9.17, 15) is 0 Å². The van der Waals surface area contributed by atoms with Crippen LogP contribution in [0.4, 0.5) is 0 Å². The van der Waals surface area contributed by atoms with Crippen molar-refractivity contribution in [3.05, 3.63) is 35.4 Å². The van der Waals surface area contributed by atoms with Crippen molar-refractivity contribution in [1.29, 1.82) is 0 Å². The molecule has 2 atom stereocenters. The Morgan fingerprint density at radius 3 is 2.44 bits per heavy atom. The second-order valence-electron chi connectivity index (χ2n) is 5.68. The fraction of sp³-hybridized carbons (Fsp3) is 0.625. The summed E-state index contributed by atoms with van der Waals surface area (Å²) in [6.45, 7) is 1.82. The molecule has 3 rings (SSSR count). The third kappa shape index (κ3) is 2.32. The second kappa shape index (κ2) is 5.41.